The van der Waals surface area contributed by atoms with Gasteiger partial charge in [0.05, 0.1) is 48.9 Å². The minimum atomic E-state index is -3.83. The van der Waals surface area contributed by atoms with E-state index in [4.69, 9.17) is 9.47 Å². The van der Waals surface area contributed by atoms with Gasteiger partial charge in [-0.2, -0.15) is 4.31 Å². The smallest absolute Gasteiger partial charge is 0.243 e. The van der Waals surface area contributed by atoms with Gasteiger partial charge in [0.1, 0.15) is 0 Å². The Hall–Kier alpha value is -1.56. The van der Waals surface area contributed by atoms with E-state index >= 15 is 0 Å². The van der Waals surface area contributed by atoms with Crippen molar-refractivity contribution in [3.05, 3.63) is 29.8 Å². The van der Waals surface area contributed by atoms with Crippen LogP contribution in [0.25, 0.3) is 0 Å². The average Bonchev–Trinajstić information content (AvgIpc) is 2.77. The second kappa shape index (κ2) is 10.4. The fourth-order valence-electron chi connectivity index (χ4n) is 4.86. The van der Waals surface area contributed by atoms with Crippen LogP contribution in [0, 0.1) is 6.92 Å². The Morgan fingerprint density at radius 1 is 1.15 bits per heavy atom. The predicted molar refractivity (Wildman–Crippen MR) is 122 cm³/mol. The molecule has 33 heavy (non-hydrogen) atoms. The molecular formula is C23H35N3O6S. The lowest BCUT2D eigenvalue weighted by Gasteiger charge is -2.44. The maximum Gasteiger partial charge on any atom is 0.243 e. The molecule has 1 aromatic rings. The number of nitrogens with zero attached hydrogens (tertiary/aromatic N) is 3. The van der Waals surface area contributed by atoms with Gasteiger partial charge in [-0.25, -0.2) is 8.42 Å². The van der Waals surface area contributed by atoms with E-state index in [-0.39, 0.29) is 36.7 Å². The summed E-state index contributed by atoms with van der Waals surface area (Å²) in [4.78, 5) is 17.1. The minimum absolute atomic E-state index is 0.0390. The molecule has 3 aliphatic rings. The average molecular weight is 482 g/mol. The van der Waals surface area contributed by atoms with Crippen LogP contribution in [0.3, 0.4) is 0 Å². The lowest BCUT2D eigenvalue weighted by Crippen LogP contribution is -2.57. The van der Waals surface area contributed by atoms with E-state index in [2.05, 4.69) is 4.90 Å². The molecule has 1 aromatic carbocycles. The molecule has 3 heterocycles. The summed E-state index contributed by atoms with van der Waals surface area (Å²) < 4.78 is 40.4. The number of piperazine rings is 1. The van der Waals surface area contributed by atoms with E-state index in [0.717, 1.165) is 31.7 Å². The van der Waals surface area contributed by atoms with Gasteiger partial charge in [-0.05, 0) is 44.5 Å². The number of carbonyl (C=O) groups is 1. The van der Waals surface area contributed by atoms with Crippen molar-refractivity contribution in [1.29, 1.82) is 0 Å². The van der Waals surface area contributed by atoms with Crippen molar-refractivity contribution in [2.24, 2.45) is 0 Å². The van der Waals surface area contributed by atoms with Crippen LogP contribution in [-0.2, 0) is 24.3 Å². The molecule has 184 valence electrons. The number of amides is 1. The van der Waals surface area contributed by atoms with E-state index in [1.54, 1.807) is 18.2 Å². The fraction of sp³-hybridized carbons (Fsp3) is 0.696. The monoisotopic (exact) mass is 481 g/mol. The highest BCUT2D eigenvalue weighted by molar-refractivity contribution is 7.89. The summed E-state index contributed by atoms with van der Waals surface area (Å²) in [6.07, 6.45) is -0.253. The number of sulfonamides is 1. The zero-order valence-electron chi connectivity index (χ0n) is 19.4. The largest absolute Gasteiger partial charge is 0.389 e. The van der Waals surface area contributed by atoms with Crippen molar-refractivity contribution in [3.8, 4) is 0 Å². The molecule has 9 nitrogen and oxygen atoms in total. The summed E-state index contributed by atoms with van der Waals surface area (Å²) in [5.74, 6) is 0.0815. The quantitative estimate of drug-likeness (QED) is 0.667. The van der Waals surface area contributed by atoms with Gasteiger partial charge in [-0.1, -0.05) is 12.1 Å². The highest BCUT2D eigenvalue weighted by atomic mass is 32.2. The van der Waals surface area contributed by atoms with Gasteiger partial charge in [-0.3, -0.25) is 4.79 Å². The molecule has 0 aliphatic carbocycles. The Labute approximate surface area is 196 Å². The molecular weight excluding hydrogens is 446 g/mol. The van der Waals surface area contributed by atoms with Crippen LogP contribution in [0.1, 0.15) is 24.8 Å². The standard InChI is InChI=1S/C23H35N3O6S/c1-17-4-3-5-20(12-17)33(29,30)26-14-18(27)15-31-16-22-21(26)7-6-19(32-22)13-23(28)25-10-8-24(2)9-11-25/h3-5,12,18-19,21-22,27H,6-11,13-16H2,1-2H3/t18-,19-,21-,22+/m0/s1. The molecule has 3 saturated heterocycles. The third-order valence-electron chi connectivity index (χ3n) is 6.79. The Morgan fingerprint density at radius 3 is 2.64 bits per heavy atom. The van der Waals surface area contributed by atoms with Crippen molar-refractivity contribution in [2.75, 3.05) is 53.0 Å². The van der Waals surface area contributed by atoms with Crippen molar-refractivity contribution in [2.45, 2.75) is 55.4 Å². The van der Waals surface area contributed by atoms with Crippen LogP contribution in [0.15, 0.2) is 29.2 Å². The van der Waals surface area contributed by atoms with E-state index < -0.39 is 28.3 Å². The fourth-order valence-corrected chi connectivity index (χ4v) is 6.68. The number of carbonyl (C=O) groups excluding carboxylic acids is 1. The van der Waals surface area contributed by atoms with Crippen molar-refractivity contribution < 1.29 is 27.8 Å². The molecule has 0 spiro atoms. The topological polar surface area (TPSA) is 99.6 Å². The number of aliphatic hydroxyl groups is 1. The zero-order chi connectivity index (χ0) is 23.6. The van der Waals surface area contributed by atoms with Crippen LogP contribution in [-0.4, -0.2) is 111 Å². The van der Waals surface area contributed by atoms with Crippen LogP contribution in [0.5, 0.6) is 0 Å². The first kappa shape index (κ1) is 24.6. The highest BCUT2D eigenvalue weighted by Crippen LogP contribution is 2.32. The van der Waals surface area contributed by atoms with E-state index in [0.29, 0.717) is 19.3 Å². The first-order valence-corrected chi connectivity index (χ1v) is 13.1. The van der Waals surface area contributed by atoms with E-state index in [1.807, 2.05) is 24.9 Å². The van der Waals surface area contributed by atoms with Gasteiger partial charge in [0.2, 0.25) is 15.9 Å². The van der Waals surface area contributed by atoms with Gasteiger partial charge >= 0.3 is 0 Å². The molecule has 10 heteroatoms. The normalized spacial score (nSPS) is 30.3. The Morgan fingerprint density at radius 2 is 1.91 bits per heavy atom. The summed E-state index contributed by atoms with van der Waals surface area (Å²) >= 11 is 0. The van der Waals surface area contributed by atoms with Crippen molar-refractivity contribution in [3.63, 3.8) is 0 Å². The molecule has 0 saturated carbocycles. The number of hydrogen-bond acceptors (Lipinski definition) is 7. The molecule has 4 atom stereocenters. The minimum Gasteiger partial charge on any atom is -0.389 e. The summed E-state index contributed by atoms with van der Waals surface area (Å²) in [6, 6.07) is 6.35. The number of benzene rings is 1. The van der Waals surface area contributed by atoms with Crippen LogP contribution in [0.4, 0.5) is 0 Å². The second-order valence-corrected chi connectivity index (χ2v) is 11.3. The molecule has 3 aliphatic heterocycles. The van der Waals surface area contributed by atoms with E-state index in [9.17, 15) is 18.3 Å². The lowest BCUT2D eigenvalue weighted by atomic mass is 9.96. The van der Waals surface area contributed by atoms with Crippen LogP contribution >= 0.6 is 0 Å². The van der Waals surface area contributed by atoms with Gasteiger partial charge in [-0.15, -0.1) is 0 Å². The number of β-amino-alcohol motifs (C(OH)–C–C–N with tert-alkyl or cyclic N) is 1. The number of aryl methyl sites for hydroxylation is 1. The summed E-state index contributed by atoms with van der Waals surface area (Å²) in [7, 11) is -1.78. The Kier molecular flexibility index (Phi) is 7.72. The first-order chi connectivity index (χ1) is 15.7. The third-order valence-corrected chi connectivity index (χ3v) is 8.68. The first-order valence-electron chi connectivity index (χ1n) is 11.7. The Balaban J connectivity index is 1.48. The lowest BCUT2D eigenvalue weighted by molar-refractivity contribution is -0.152. The van der Waals surface area contributed by atoms with Crippen molar-refractivity contribution in [1.82, 2.24) is 14.1 Å². The van der Waals surface area contributed by atoms with Crippen LogP contribution < -0.4 is 0 Å². The van der Waals surface area contributed by atoms with Crippen LogP contribution in [0.2, 0.25) is 0 Å². The molecule has 0 aromatic heterocycles. The van der Waals surface area contributed by atoms with Gasteiger partial charge in [0.25, 0.3) is 0 Å². The number of rotatable bonds is 4. The molecule has 0 radical (unpaired) electrons. The summed E-state index contributed by atoms with van der Waals surface area (Å²) in [5.41, 5.74) is 0.853. The number of ether oxygens (including phenoxy) is 2. The number of fused-ring (bicyclic) bond motifs is 1. The van der Waals surface area contributed by atoms with Crippen molar-refractivity contribution >= 4 is 15.9 Å². The van der Waals surface area contributed by atoms with Gasteiger partial charge in [0.15, 0.2) is 0 Å². The molecule has 3 fully saturated rings. The third kappa shape index (κ3) is 5.75. The molecule has 1 N–H and O–H groups in total. The number of hydrogen-bond donors (Lipinski definition) is 1. The maximum atomic E-state index is 13.6. The molecule has 1 amide bonds. The molecule has 0 unspecified atom stereocenters. The van der Waals surface area contributed by atoms with Gasteiger partial charge < -0.3 is 24.4 Å². The number of likely N-dealkylation sites (N-methyl/N-ethyl adjacent to an activating group) is 1. The maximum absolute atomic E-state index is 13.6. The SMILES string of the molecule is Cc1cccc(S(=O)(=O)N2C[C@H](O)COC[C@H]3O[C@H](CC(=O)N4CCN(C)CC4)CC[C@@H]32)c1. The van der Waals surface area contributed by atoms with Gasteiger partial charge in [0, 0.05) is 32.7 Å². The van der Waals surface area contributed by atoms with E-state index in [1.165, 1.54) is 4.31 Å². The Bertz CT molecular complexity index is 934. The summed E-state index contributed by atoms with van der Waals surface area (Å²) in [5, 5.41) is 10.3. The molecule has 0 bridgehead atoms. The summed E-state index contributed by atoms with van der Waals surface area (Å²) in [6.45, 7) is 5.19. The predicted octanol–water partition coefficient (Wildman–Crippen LogP) is 0.457. The molecule has 4 rings (SSSR count). The number of aliphatic hydroxyl groups excluding tert-OH is 1. The second-order valence-electron chi connectivity index (χ2n) is 9.41. The zero-order valence-corrected chi connectivity index (χ0v) is 20.2. The highest BCUT2D eigenvalue weighted by Gasteiger charge is 2.43.